The molecule has 0 aromatic heterocycles. The molecule has 0 radical (unpaired) electrons. The molecule has 0 saturated heterocycles. The summed E-state index contributed by atoms with van der Waals surface area (Å²) in [5.74, 6) is -0.843. The Hall–Kier alpha value is -1.25. The lowest BCUT2D eigenvalue weighted by molar-refractivity contribution is -0.187. The van der Waals surface area contributed by atoms with Gasteiger partial charge in [0.2, 0.25) is 0 Å². The molecule has 0 amide bonds. The van der Waals surface area contributed by atoms with Crippen LogP contribution in [0.4, 0.5) is 0 Å². The van der Waals surface area contributed by atoms with E-state index in [4.69, 9.17) is 20.9 Å². The van der Waals surface area contributed by atoms with Gasteiger partial charge in [0, 0.05) is 0 Å². The standard InChI is InChI=1S/C54H88O22S5/c1-29(35-11-13-37-32-24-46(73-78(60,61)62)42-26-47(74-79(63,64)65)49(76-81(69,70)71)28-54(42,8)40(32)16-21-51(35,37)5)9-10-34-30(2)15-19-50(34,4)20-18-43(55)31(3)36-12-14-38-33-23-45(72-77(57,58)59)41-25-44(56)48(75-80(66,67)68)27-53(41,7)39(33)17-22-52(36,38)6/h18,20,29,31-49,55-56H,2,9-17,19,21-28H2,1,3-8H3,(H,57,58,59)(H,60,61,62)(H,63,64,65)(H,66,67,68)(H,69,70,71)/b20-18+/t29-,31+,32+,33+,34-,35-,36-,37+,38+,39+,40+,41-,42-,43-,44-,45+,46+,47+,48+,49+,50+,51-,52-,53-,54-/m1/s1. The van der Waals surface area contributed by atoms with E-state index in [9.17, 15) is 75.1 Å². The van der Waals surface area contributed by atoms with E-state index >= 15 is 0 Å². The van der Waals surface area contributed by atoms with Crippen molar-refractivity contribution < 1.29 is 96.0 Å². The van der Waals surface area contributed by atoms with Crippen molar-refractivity contribution in [1.29, 1.82) is 0 Å². The molecule has 9 rings (SSSR count). The predicted molar refractivity (Wildman–Crippen MR) is 293 cm³/mol. The fourth-order valence-electron chi connectivity index (χ4n) is 21.0. The molecule has 25 atom stereocenters. The van der Waals surface area contributed by atoms with E-state index in [2.05, 4.69) is 47.3 Å². The van der Waals surface area contributed by atoms with Crippen LogP contribution in [0.15, 0.2) is 24.3 Å². The van der Waals surface area contributed by atoms with Crippen LogP contribution >= 0.6 is 0 Å². The van der Waals surface area contributed by atoms with Crippen LogP contribution in [0, 0.1) is 104 Å². The van der Waals surface area contributed by atoms with Crippen LogP contribution in [-0.2, 0) is 72.9 Å². The summed E-state index contributed by atoms with van der Waals surface area (Å²) >= 11 is 0. The summed E-state index contributed by atoms with van der Waals surface area (Å²) in [6.45, 7) is 19.6. The molecular weight excluding hydrogens is 1160 g/mol. The summed E-state index contributed by atoms with van der Waals surface area (Å²) < 4.78 is 196. The molecule has 22 nitrogen and oxygen atoms in total. The lowest BCUT2D eigenvalue weighted by atomic mass is 9.43. The zero-order chi connectivity index (χ0) is 59.8. The van der Waals surface area contributed by atoms with Crippen LogP contribution in [-0.4, -0.2) is 118 Å². The number of allylic oxidation sites excluding steroid dienone is 2. The summed E-state index contributed by atoms with van der Waals surface area (Å²) in [7, 11) is -25.1. The number of hydrogen-bond donors (Lipinski definition) is 7. The van der Waals surface area contributed by atoms with Gasteiger partial charge >= 0.3 is 52.0 Å². The zero-order valence-electron chi connectivity index (χ0n) is 47.4. The molecule has 0 bridgehead atoms. The van der Waals surface area contributed by atoms with E-state index in [1.165, 1.54) is 5.57 Å². The molecule has 7 N–H and O–H groups in total. The molecule has 0 spiro atoms. The first-order valence-corrected chi connectivity index (χ1v) is 35.9. The number of hydrogen-bond acceptors (Lipinski definition) is 17. The highest BCUT2D eigenvalue weighted by Crippen LogP contribution is 2.71. The highest BCUT2D eigenvalue weighted by Gasteiger charge is 2.67. The Balaban J connectivity index is 0.867. The van der Waals surface area contributed by atoms with Gasteiger partial charge < -0.3 is 10.2 Å². The molecule has 27 heteroatoms. The third-order valence-corrected chi connectivity index (χ3v) is 26.8. The second-order valence-corrected chi connectivity index (χ2v) is 33.4. The van der Waals surface area contributed by atoms with E-state index in [-0.39, 0.29) is 108 Å². The van der Waals surface area contributed by atoms with Crippen molar-refractivity contribution in [2.24, 2.45) is 104 Å². The minimum atomic E-state index is -5.16. The smallest absolute Gasteiger partial charge is 0.390 e. The van der Waals surface area contributed by atoms with Gasteiger partial charge in [0.25, 0.3) is 0 Å². The zero-order valence-corrected chi connectivity index (χ0v) is 51.5. The number of aliphatic hydroxyl groups is 2. The van der Waals surface area contributed by atoms with Crippen molar-refractivity contribution in [2.75, 3.05) is 0 Å². The van der Waals surface area contributed by atoms with Gasteiger partial charge in [-0.2, -0.15) is 42.1 Å². The molecule has 466 valence electrons. The minimum Gasteiger partial charge on any atom is -0.390 e. The second-order valence-electron chi connectivity index (χ2n) is 28.1. The lowest BCUT2D eigenvalue weighted by Crippen LogP contribution is -2.62. The Kier molecular flexibility index (Phi) is 17.5. The maximum atomic E-state index is 12.4. The molecule has 0 aromatic carbocycles. The monoisotopic (exact) mass is 1250 g/mol. The second kappa shape index (κ2) is 22.1. The first-order chi connectivity index (χ1) is 37.1. The highest BCUT2D eigenvalue weighted by atomic mass is 32.3. The topological polar surface area (TPSA) is 358 Å². The number of aliphatic hydroxyl groups excluding tert-OH is 2. The van der Waals surface area contributed by atoms with Crippen LogP contribution in [0.25, 0.3) is 0 Å². The predicted octanol–water partition coefficient (Wildman–Crippen LogP) is 7.99. The molecule has 9 aliphatic carbocycles. The van der Waals surface area contributed by atoms with Crippen LogP contribution in [0.2, 0.25) is 0 Å². The summed E-state index contributed by atoms with van der Waals surface area (Å²) in [5.41, 5.74) is -1.24. The van der Waals surface area contributed by atoms with E-state index in [1.807, 2.05) is 19.9 Å². The molecule has 0 unspecified atom stereocenters. The largest absolute Gasteiger partial charge is 0.397 e. The van der Waals surface area contributed by atoms with E-state index < -0.39 is 117 Å². The van der Waals surface area contributed by atoms with E-state index in [0.29, 0.717) is 18.8 Å². The van der Waals surface area contributed by atoms with Crippen LogP contribution in [0.1, 0.15) is 164 Å². The van der Waals surface area contributed by atoms with E-state index in [1.54, 1.807) is 0 Å². The van der Waals surface area contributed by atoms with Gasteiger partial charge in [0.15, 0.2) is 0 Å². The van der Waals surface area contributed by atoms with Gasteiger partial charge in [-0.05, 0) is 220 Å². The molecule has 9 aliphatic rings. The van der Waals surface area contributed by atoms with Crippen LogP contribution in [0.5, 0.6) is 0 Å². The van der Waals surface area contributed by atoms with E-state index in [0.717, 1.165) is 70.6 Å². The quantitative estimate of drug-likeness (QED) is 0.0505. The van der Waals surface area contributed by atoms with Gasteiger partial charge in [-0.1, -0.05) is 72.8 Å². The molecule has 0 heterocycles. The van der Waals surface area contributed by atoms with Crippen molar-refractivity contribution in [3.63, 3.8) is 0 Å². The average molecular weight is 1250 g/mol. The van der Waals surface area contributed by atoms with Crippen molar-refractivity contribution in [1.82, 2.24) is 0 Å². The third kappa shape index (κ3) is 12.7. The van der Waals surface area contributed by atoms with Crippen molar-refractivity contribution in [2.45, 2.75) is 207 Å². The Morgan fingerprint density at radius 2 is 0.951 bits per heavy atom. The van der Waals surface area contributed by atoms with Gasteiger partial charge in [-0.3, -0.25) is 22.8 Å². The highest BCUT2D eigenvalue weighted by molar-refractivity contribution is 7.81. The van der Waals surface area contributed by atoms with Crippen molar-refractivity contribution >= 4 is 52.0 Å². The summed E-state index contributed by atoms with van der Waals surface area (Å²) in [6, 6.07) is 0. The maximum absolute atomic E-state index is 12.4. The SMILES string of the molecule is C=C1CC[C@@](C)(/C=C/[C@@H](O)[C@@H](C)[C@H]2CC[C@H]3[C@@H]4C[C@H](OS(=O)(=O)O)[C@H]5C[C@@H](O)[C@@H](OS(=O)(=O)O)C[C@]5(C)[C@H]4CC[C@]23C)[C@@H]1CC[C@@H](C)[C@H]1CC[C@H]2[C@@H]3C[C@H](OS(=O)(=O)O)[C@H]4C[C@H](OS(=O)(=O)O)[C@@H](OS(=O)(=O)O)C[C@]4(C)[C@H]3CC[C@]12C. The minimum absolute atomic E-state index is 0.0254. The fourth-order valence-corrected chi connectivity index (χ4v) is 23.6. The number of rotatable bonds is 18. The maximum Gasteiger partial charge on any atom is 0.397 e. The third-order valence-electron chi connectivity index (χ3n) is 24.4. The molecular formula is C54H88O22S5. The molecule has 0 aromatic rings. The van der Waals surface area contributed by atoms with Crippen molar-refractivity contribution in [3.05, 3.63) is 24.3 Å². The first kappa shape index (κ1) is 64.2. The molecule has 9 saturated carbocycles. The Morgan fingerprint density at radius 1 is 0.531 bits per heavy atom. The first-order valence-electron chi connectivity index (χ1n) is 29.1. The van der Waals surface area contributed by atoms with Crippen molar-refractivity contribution in [3.8, 4) is 0 Å². The molecule has 9 fully saturated rings. The summed E-state index contributed by atoms with van der Waals surface area (Å²) in [5, 5.41) is 23.1. The number of fused-ring (bicyclic) bond motifs is 10. The Bertz CT molecular complexity index is 2990. The Labute approximate surface area is 480 Å². The summed E-state index contributed by atoms with van der Waals surface area (Å²) in [4.78, 5) is 0. The lowest BCUT2D eigenvalue weighted by Gasteiger charge is -2.63. The normalized spacial score (nSPS) is 46.9. The van der Waals surface area contributed by atoms with Gasteiger partial charge in [-0.25, -0.2) is 20.9 Å². The van der Waals surface area contributed by atoms with Gasteiger partial charge in [0.05, 0.1) is 24.4 Å². The molecule has 81 heavy (non-hydrogen) atoms. The molecule has 0 aliphatic heterocycles. The Morgan fingerprint density at radius 3 is 1.46 bits per heavy atom. The average Bonchev–Trinajstić information content (AvgIpc) is 4.15. The summed E-state index contributed by atoms with van der Waals surface area (Å²) in [6.07, 6.45) is 5.40. The van der Waals surface area contributed by atoms with Gasteiger partial charge in [0.1, 0.15) is 18.3 Å². The van der Waals surface area contributed by atoms with Gasteiger partial charge in [-0.15, -0.1) is 0 Å². The van der Waals surface area contributed by atoms with Crippen LogP contribution in [0.3, 0.4) is 0 Å². The fraction of sp³-hybridized carbons (Fsp3) is 0.926. The van der Waals surface area contributed by atoms with Crippen LogP contribution < -0.4 is 0 Å².